The van der Waals surface area contributed by atoms with Crippen molar-refractivity contribution in [2.45, 2.75) is 20.8 Å². The SMILES string of the molecule is COC(=O)C(C)C(C)(C)C(=O)OC. The molecule has 0 spiro atoms. The minimum atomic E-state index is -0.845. The lowest BCUT2D eigenvalue weighted by Gasteiger charge is -2.26. The van der Waals surface area contributed by atoms with E-state index in [2.05, 4.69) is 9.47 Å². The highest BCUT2D eigenvalue weighted by molar-refractivity contribution is 5.84. The van der Waals surface area contributed by atoms with Crippen LogP contribution in [0.3, 0.4) is 0 Å². The third-order valence-corrected chi connectivity index (χ3v) is 2.35. The lowest BCUT2D eigenvalue weighted by atomic mass is 9.80. The molecule has 0 aliphatic carbocycles. The Kier molecular flexibility index (Phi) is 3.91. The summed E-state index contributed by atoms with van der Waals surface area (Å²) in [5, 5.41) is 0. The average Bonchev–Trinajstić information content (AvgIpc) is 2.13. The fraction of sp³-hybridized carbons (Fsp3) is 0.778. The molecule has 0 fully saturated rings. The highest BCUT2D eigenvalue weighted by atomic mass is 16.5. The summed E-state index contributed by atoms with van der Waals surface area (Å²) in [6, 6.07) is 0. The molecule has 1 atom stereocenters. The van der Waals surface area contributed by atoms with Crippen molar-refractivity contribution in [2.24, 2.45) is 11.3 Å². The molecule has 0 saturated carbocycles. The highest BCUT2D eigenvalue weighted by Gasteiger charge is 2.39. The molecule has 0 aromatic heterocycles. The molecule has 0 saturated heterocycles. The summed E-state index contributed by atoms with van der Waals surface area (Å²) in [4.78, 5) is 22.4. The molecule has 0 aromatic carbocycles. The van der Waals surface area contributed by atoms with E-state index in [0.29, 0.717) is 0 Å². The van der Waals surface area contributed by atoms with Crippen molar-refractivity contribution in [2.75, 3.05) is 14.2 Å². The Balaban J connectivity index is 4.62. The molecule has 4 heteroatoms. The molecule has 4 nitrogen and oxygen atoms in total. The van der Waals surface area contributed by atoms with Gasteiger partial charge in [0.1, 0.15) is 0 Å². The molecule has 13 heavy (non-hydrogen) atoms. The maximum atomic E-state index is 11.3. The second-order valence-corrected chi connectivity index (χ2v) is 3.46. The van der Waals surface area contributed by atoms with Gasteiger partial charge >= 0.3 is 11.9 Å². The Labute approximate surface area is 78.2 Å². The summed E-state index contributed by atoms with van der Waals surface area (Å²) in [6.45, 7) is 4.95. The van der Waals surface area contributed by atoms with Crippen LogP contribution in [-0.2, 0) is 19.1 Å². The van der Waals surface area contributed by atoms with Crippen molar-refractivity contribution in [1.29, 1.82) is 0 Å². The molecule has 0 aliphatic rings. The maximum Gasteiger partial charge on any atom is 0.312 e. The van der Waals surface area contributed by atoms with Gasteiger partial charge in [-0.25, -0.2) is 0 Å². The topological polar surface area (TPSA) is 52.6 Å². The van der Waals surface area contributed by atoms with Gasteiger partial charge in [-0.15, -0.1) is 0 Å². The number of carbonyl (C=O) groups is 2. The Hall–Kier alpha value is -1.06. The highest BCUT2D eigenvalue weighted by Crippen LogP contribution is 2.28. The molecule has 0 heterocycles. The molecule has 76 valence electrons. The van der Waals surface area contributed by atoms with Crippen molar-refractivity contribution in [3.05, 3.63) is 0 Å². The second-order valence-electron chi connectivity index (χ2n) is 3.46. The summed E-state index contributed by atoms with van der Waals surface area (Å²) in [7, 11) is 2.60. The van der Waals surface area contributed by atoms with E-state index in [1.54, 1.807) is 20.8 Å². The zero-order valence-corrected chi connectivity index (χ0v) is 8.71. The lowest BCUT2D eigenvalue weighted by Crippen LogP contribution is -2.37. The number of rotatable bonds is 3. The first-order chi connectivity index (χ1) is 5.87. The number of carbonyl (C=O) groups excluding carboxylic acids is 2. The summed E-state index contributed by atoms with van der Waals surface area (Å²) in [6.07, 6.45) is 0. The molecular weight excluding hydrogens is 172 g/mol. The van der Waals surface area contributed by atoms with Crippen LogP contribution in [0, 0.1) is 11.3 Å². The van der Waals surface area contributed by atoms with Crippen molar-refractivity contribution < 1.29 is 19.1 Å². The van der Waals surface area contributed by atoms with E-state index in [1.807, 2.05) is 0 Å². The third kappa shape index (κ3) is 2.44. The molecule has 0 rings (SSSR count). The van der Waals surface area contributed by atoms with Crippen molar-refractivity contribution in [3.8, 4) is 0 Å². The van der Waals surface area contributed by atoms with Gasteiger partial charge in [0.25, 0.3) is 0 Å². The Morgan fingerprint density at radius 2 is 1.62 bits per heavy atom. The lowest BCUT2D eigenvalue weighted by molar-refractivity contribution is -0.163. The van der Waals surface area contributed by atoms with Crippen LogP contribution in [0.5, 0.6) is 0 Å². The molecule has 0 bridgehead atoms. The smallest absolute Gasteiger partial charge is 0.312 e. The van der Waals surface area contributed by atoms with Crippen LogP contribution >= 0.6 is 0 Å². The zero-order valence-electron chi connectivity index (χ0n) is 8.71. The summed E-state index contributed by atoms with van der Waals surface area (Å²) in [5.74, 6) is -1.33. The van der Waals surface area contributed by atoms with Crippen LogP contribution in [0.4, 0.5) is 0 Å². The van der Waals surface area contributed by atoms with Crippen LogP contribution < -0.4 is 0 Å². The first-order valence-corrected chi connectivity index (χ1v) is 4.04. The van der Waals surface area contributed by atoms with Gasteiger partial charge in [-0.1, -0.05) is 6.92 Å². The predicted octanol–water partition coefficient (Wildman–Crippen LogP) is 0.995. The number of hydrogen-bond acceptors (Lipinski definition) is 4. The molecule has 0 aliphatic heterocycles. The fourth-order valence-corrected chi connectivity index (χ4v) is 0.911. The normalized spacial score (nSPS) is 13.3. The molecule has 1 unspecified atom stereocenters. The number of ether oxygens (including phenoxy) is 2. The first kappa shape index (κ1) is 11.9. The van der Waals surface area contributed by atoms with E-state index in [4.69, 9.17) is 0 Å². The number of hydrogen-bond donors (Lipinski definition) is 0. The standard InChI is InChI=1S/C9H16O4/c1-6(7(10)12-4)9(2,3)8(11)13-5/h6H,1-5H3. The Morgan fingerprint density at radius 1 is 1.15 bits per heavy atom. The fourth-order valence-electron chi connectivity index (χ4n) is 0.911. The third-order valence-electron chi connectivity index (χ3n) is 2.35. The van der Waals surface area contributed by atoms with E-state index < -0.39 is 23.3 Å². The monoisotopic (exact) mass is 188 g/mol. The predicted molar refractivity (Wildman–Crippen MR) is 47.0 cm³/mol. The van der Waals surface area contributed by atoms with Gasteiger partial charge < -0.3 is 9.47 Å². The zero-order chi connectivity index (χ0) is 10.6. The van der Waals surface area contributed by atoms with Crippen molar-refractivity contribution in [3.63, 3.8) is 0 Å². The van der Waals surface area contributed by atoms with Gasteiger partial charge in [-0.05, 0) is 13.8 Å². The summed E-state index contributed by atoms with van der Waals surface area (Å²) >= 11 is 0. The van der Waals surface area contributed by atoms with Crippen LogP contribution in [0.25, 0.3) is 0 Å². The van der Waals surface area contributed by atoms with E-state index in [1.165, 1.54) is 14.2 Å². The van der Waals surface area contributed by atoms with Gasteiger partial charge in [-0.3, -0.25) is 9.59 Å². The minimum Gasteiger partial charge on any atom is -0.469 e. The van der Waals surface area contributed by atoms with Crippen LogP contribution in [0.2, 0.25) is 0 Å². The Bertz CT molecular complexity index is 208. The molecule has 0 aromatic rings. The molecular formula is C9H16O4. The molecule has 0 N–H and O–H groups in total. The minimum absolute atomic E-state index is 0.407. The van der Waals surface area contributed by atoms with Gasteiger partial charge in [0.15, 0.2) is 0 Å². The maximum absolute atomic E-state index is 11.3. The van der Waals surface area contributed by atoms with Crippen molar-refractivity contribution >= 4 is 11.9 Å². The Morgan fingerprint density at radius 3 is 1.92 bits per heavy atom. The summed E-state index contributed by atoms with van der Waals surface area (Å²) in [5.41, 5.74) is -0.845. The quantitative estimate of drug-likeness (QED) is 0.620. The largest absolute Gasteiger partial charge is 0.469 e. The van der Waals surface area contributed by atoms with E-state index >= 15 is 0 Å². The summed E-state index contributed by atoms with van der Waals surface area (Å²) < 4.78 is 9.13. The average molecular weight is 188 g/mol. The van der Waals surface area contributed by atoms with Gasteiger partial charge in [0.05, 0.1) is 25.6 Å². The van der Waals surface area contributed by atoms with Gasteiger partial charge in [0, 0.05) is 0 Å². The van der Waals surface area contributed by atoms with Gasteiger partial charge in [-0.2, -0.15) is 0 Å². The number of methoxy groups -OCH3 is 2. The van der Waals surface area contributed by atoms with Crippen LogP contribution in [0.15, 0.2) is 0 Å². The number of esters is 2. The van der Waals surface area contributed by atoms with Crippen LogP contribution in [0.1, 0.15) is 20.8 Å². The van der Waals surface area contributed by atoms with Crippen LogP contribution in [-0.4, -0.2) is 26.2 Å². The van der Waals surface area contributed by atoms with E-state index in [9.17, 15) is 9.59 Å². The van der Waals surface area contributed by atoms with E-state index in [0.717, 1.165) is 0 Å². The second kappa shape index (κ2) is 4.25. The molecule has 0 amide bonds. The van der Waals surface area contributed by atoms with Gasteiger partial charge in [0.2, 0.25) is 0 Å². The first-order valence-electron chi connectivity index (χ1n) is 4.04. The molecule has 0 radical (unpaired) electrons. The van der Waals surface area contributed by atoms with Crippen molar-refractivity contribution in [1.82, 2.24) is 0 Å². The van der Waals surface area contributed by atoms with E-state index in [-0.39, 0.29) is 0 Å².